The van der Waals surface area contributed by atoms with Crippen LogP contribution in [-0.4, -0.2) is 37.7 Å². The molecule has 0 saturated carbocycles. The lowest BCUT2D eigenvalue weighted by molar-refractivity contribution is -0.122. The van der Waals surface area contributed by atoms with Crippen LogP contribution in [0.25, 0.3) is 0 Å². The first kappa shape index (κ1) is 14.4. The van der Waals surface area contributed by atoms with E-state index in [2.05, 4.69) is 22.1 Å². The lowest BCUT2D eigenvalue weighted by Gasteiger charge is -1.80. The highest BCUT2D eigenvalue weighted by Gasteiger charge is 2.02. The smallest absolute Gasteiger partial charge is 0.314 e. The molecule has 14 heavy (non-hydrogen) atoms. The fourth-order valence-electron chi connectivity index (χ4n) is 0.415. The minimum atomic E-state index is -0.833. The fraction of sp³-hybridized carbons (Fsp3) is 0.333. The van der Waals surface area contributed by atoms with Gasteiger partial charge >= 0.3 is 12.1 Å². The molecular weight excluding hydrogens is 192 g/mol. The molecule has 8 nitrogen and oxygen atoms in total. The number of carbonyl (C=O) groups is 4. The number of primary amides is 2. The number of aldehydes is 2. The average Bonchev–Trinajstić information content (AvgIpc) is 2.55. The van der Waals surface area contributed by atoms with Crippen molar-refractivity contribution in [3.63, 3.8) is 0 Å². The van der Waals surface area contributed by atoms with Gasteiger partial charge in [0, 0.05) is 13.1 Å². The maximum atomic E-state index is 10.0. The lowest BCUT2D eigenvalue weighted by Crippen LogP contribution is -2.20. The van der Waals surface area contributed by atoms with E-state index in [0.717, 1.165) is 13.1 Å². The molecule has 1 aliphatic heterocycles. The summed E-state index contributed by atoms with van der Waals surface area (Å²) >= 11 is 0. The van der Waals surface area contributed by atoms with Crippen LogP contribution in [0.15, 0.2) is 0 Å². The SMILES string of the molecule is NC(N)=O.O=C1NCCN1.O=CC=O. The Hall–Kier alpha value is -2.12. The Morgan fingerprint density at radius 1 is 1.14 bits per heavy atom. The number of amides is 4. The van der Waals surface area contributed by atoms with Crippen LogP contribution in [0, 0.1) is 0 Å². The van der Waals surface area contributed by atoms with E-state index in [9.17, 15) is 4.79 Å². The summed E-state index contributed by atoms with van der Waals surface area (Å²) in [6.07, 6.45) is 0.389. The van der Waals surface area contributed by atoms with Crippen molar-refractivity contribution in [2.45, 2.75) is 0 Å². The molecule has 0 atom stereocenters. The first-order chi connectivity index (χ1) is 6.54. The topological polar surface area (TPSA) is 144 Å². The minimum absolute atomic E-state index is 0.0463. The Bertz CT molecular complexity index is 188. The third-order valence-corrected chi connectivity index (χ3v) is 0.752. The molecule has 1 aliphatic rings. The van der Waals surface area contributed by atoms with Crippen LogP contribution in [0.5, 0.6) is 0 Å². The number of hydrogen-bond donors (Lipinski definition) is 4. The zero-order chi connectivity index (χ0) is 11.4. The summed E-state index contributed by atoms with van der Waals surface area (Å²) in [5.74, 6) is 0. The first-order valence-electron chi connectivity index (χ1n) is 3.50. The van der Waals surface area contributed by atoms with Crippen molar-refractivity contribution in [2.75, 3.05) is 13.1 Å². The highest BCUT2D eigenvalue weighted by Crippen LogP contribution is 1.69. The molecule has 4 amide bonds. The van der Waals surface area contributed by atoms with Gasteiger partial charge in [0.05, 0.1) is 0 Å². The Morgan fingerprint density at radius 2 is 1.43 bits per heavy atom. The molecule has 1 fully saturated rings. The Morgan fingerprint density at radius 3 is 1.50 bits per heavy atom. The van der Waals surface area contributed by atoms with Crippen molar-refractivity contribution in [3.05, 3.63) is 0 Å². The van der Waals surface area contributed by atoms with E-state index < -0.39 is 6.03 Å². The van der Waals surface area contributed by atoms with Gasteiger partial charge in [-0.25, -0.2) is 9.59 Å². The second-order valence-corrected chi connectivity index (χ2v) is 1.86. The first-order valence-corrected chi connectivity index (χ1v) is 3.50. The van der Waals surface area contributed by atoms with Crippen molar-refractivity contribution in [1.82, 2.24) is 10.6 Å². The van der Waals surface area contributed by atoms with Crippen molar-refractivity contribution in [3.8, 4) is 0 Å². The third kappa shape index (κ3) is 22.5. The van der Waals surface area contributed by atoms with Crippen molar-refractivity contribution < 1.29 is 19.2 Å². The van der Waals surface area contributed by atoms with E-state index in [-0.39, 0.29) is 18.6 Å². The maximum absolute atomic E-state index is 10.0. The summed E-state index contributed by atoms with van der Waals surface area (Å²) in [6.45, 7) is 1.55. The molecular formula is C6H12N4O4. The predicted molar refractivity (Wildman–Crippen MR) is 47.3 cm³/mol. The van der Waals surface area contributed by atoms with E-state index in [1.807, 2.05) is 0 Å². The Balaban J connectivity index is 0. The number of nitrogens with one attached hydrogen (secondary N) is 2. The quantitative estimate of drug-likeness (QED) is 0.281. The van der Waals surface area contributed by atoms with Gasteiger partial charge in [0.2, 0.25) is 0 Å². The Kier molecular flexibility index (Phi) is 11.2. The second-order valence-electron chi connectivity index (χ2n) is 1.86. The van der Waals surface area contributed by atoms with E-state index in [1.54, 1.807) is 0 Å². The lowest BCUT2D eigenvalue weighted by atomic mass is 10.7. The zero-order valence-corrected chi connectivity index (χ0v) is 7.36. The molecule has 0 aromatic rings. The van der Waals surface area contributed by atoms with Crippen LogP contribution in [0.3, 0.4) is 0 Å². The molecule has 0 radical (unpaired) electrons. The van der Waals surface area contributed by atoms with Gasteiger partial charge in [0.15, 0.2) is 12.6 Å². The molecule has 0 unspecified atom stereocenters. The zero-order valence-electron chi connectivity index (χ0n) is 7.36. The van der Waals surface area contributed by atoms with Gasteiger partial charge in [-0.05, 0) is 0 Å². The highest BCUT2D eigenvalue weighted by molar-refractivity contribution is 6.09. The fourth-order valence-corrected chi connectivity index (χ4v) is 0.415. The largest absolute Gasteiger partial charge is 0.352 e. The van der Waals surface area contributed by atoms with Crippen LogP contribution in [-0.2, 0) is 9.59 Å². The van der Waals surface area contributed by atoms with E-state index in [0.29, 0.717) is 0 Å². The van der Waals surface area contributed by atoms with Gasteiger partial charge in [-0.3, -0.25) is 9.59 Å². The molecule has 1 heterocycles. The molecule has 0 bridgehead atoms. The van der Waals surface area contributed by atoms with Gasteiger partial charge in [-0.1, -0.05) is 0 Å². The number of nitrogens with two attached hydrogens (primary N) is 2. The Labute approximate surface area is 80.0 Å². The summed E-state index contributed by atoms with van der Waals surface area (Å²) in [4.78, 5) is 36.6. The summed E-state index contributed by atoms with van der Waals surface area (Å²) in [7, 11) is 0. The third-order valence-electron chi connectivity index (χ3n) is 0.752. The number of carbonyl (C=O) groups excluding carboxylic acids is 4. The highest BCUT2D eigenvalue weighted by atomic mass is 16.2. The number of urea groups is 2. The predicted octanol–water partition coefficient (Wildman–Crippen LogP) is -2.29. The van der Waals surface area contributed by atoms with Crippen molar-refractivity contribution in [2.24, 2.45) is 11.5 Å². The summed E-state index contributed by atoms with van der Waals surface area (Å²) in [5.41, 5.74) is 8.50. The van der Waals surface area contributed by atoms with Gasteiger partial charge < -0.3 is 22.1 Å². The molecule has 1 saturated heterocycles. The normalized spacial score (nSPS) is 11.6. The minimum Gasteiger partial charge on any atom is -0.352 e. The van der Waals surface area contributed by atoms with Gasteiger partial charge in [-0.2, -0.15) is 0 Å². The van der Waals surface area contributed by atoms with Gasteiger partial charge in [0.1, 0.15) is 0 Å². The van der Waals surface area contributed by atoms with Crippen LogP contribution in [0.1, 0.15) is 0 Å². The summed E-state index contributed by atoms with van der Waals surface area (Å²) < 4.78 is 0. The van der Waals surface area contributed by atoms with E-state index in [4.69, 9.17) is 14.4 Å². The molecule has 0 aliphatic carbocycles. The number of hydrogen-bond acceptors (Lipinski definition) is 4. The molecule has 0 aromatic carbocycles. The molecule has 0 spiro atoms. The van der Waals surface area contributed by atoms with Crippen molar-refractivity contribution in [1.29, 1.82) is 0 Å². The van der Waals surface area contributed by atoms with Crippen LogP contribution < -0.4 is 22.1 Å². The van der Waals surface area contributed by atoms with Crippen LogP contribution in [0.4, 0.5) is 9.59 Å². The van der Waals surface area contributed by atoms with Crippen LogP contribution >= 0.6 is 0 Å². The van der Waals surface area contributed by atoms with Crippen LogP contribution in [0.2, 0.25) is 0 Å². The molecule has 6 N–H and O–H groups in total. The average molecular weight is 204 g/mol. The van der Waals surface area contributed by atoms with E-state index in [1.165, 1.54) is 0 Å². The number of rotatable bonds is 1. The van der Waals surface area contributed by atoms with Gasteiger partial charge in [0.25, 0.3) is 0 Å². The standard InChI is InChI=1S/C3H6N2O.C2H2O2.CH4N2O/c6-3-4-1-2-5-3;3-1-2-4;2-1(3)4/h1-2H2,(H2,4,5,6);1-2H;(H4,2,3,4). The molecule has 1 rings (SSSR count). The van der Waals surface area contributed by atoms with Crippen molar-refractivity contribution >= 4 is 24.6 Å². The second kappa shape index (κ2) is 10.9. The van der Waals surface area contributed by atoms with Gasteiger partial charge in [-0.15, -0.1) is 0 Å². The summed E-state index contributed by atoms with van der Waals surface area (Å²) in [6, 6.07) is -0.880. The molecule has 0 aromatic heterocycles. The maximum Gasteiger partial charge on any atom is 0.314 e. The summed E-state index contributed by atoms with van der Waals surface area (Å²) in [5, 5.41) is 5.14. The molecule has 8 heteroatoms. The molecule has 80 valence electrons. The van der Waals surface area contributed by atoms with E-state index >= 15 is 0 Å². The monoisotopic (exact) mass is 204 g/mol.